The van der Waals surface area contributed by atoms with Crippen LogP contribution in [-0.2, 0) is 22.7 Å². The maximum atomic E-state index is 15.3. The van der Waals surface area contributed by atoms with Crippen LogP contribution in [0.2, 0.25) is 0 Å². The number of aromatic carboxylic acids is 1. The van der Waals surface area contributed by atoms with Gasteiger partial charge in [0.1, 0.15) is 24.0 Å². The van der Waals surface area contributed by atoms with Crippen molar-refractivity contribution in [1.29, 1.82) is 0 Å². The van der Waals surface area contributed by atoms with Gasteiger partial charge in [0.05, 0.1) is 29.1 Å². The van der Waals surface area contributed by atoms with Gasteiger partial charge in [-0.3, -0.25) is 9.59 Å². The van der Waals surface area contributed by atoms with E-state index < -0.39 is 40.9 Å². The zero-order valence-corrected chi connectivity index (χ0v) is 30.3. The number of nitrogens with zero attached hydrogens (tertiary/aromatic N) is 6. The van der Waals surface area contributed by atoms with E-state index in [9.17, 15) is 29.1 Å². The molecule has 3 heterocycles. The number of pyridine rings is 1. The highest BCUT2D eigenvalue weighted by Crippen LogP contribution is 2.27. The molecule has 1 fully saturated rings. The van der Waals surface area contributed by atoms with E-state index in [2.05, 4.69) is 20.9 Å². The molecule has 0 aliphatic carbocycles. The predicted octanol–water partition coefficient (Wildman–Crippen LogP) is 3.19. The molecule has 18 heteroatoms. The Kier molecular flexibility index (Phi) is 12.5. The normalized spacial score (nSPS) is 14.2. The van der Waals surface area contributed by atoms with Gasteiger partial charge in [0.25, 0.3) is 0 Å². The summed E-state index contributed by atoms with van der Waals surface area (Å²) in [7, 11) is 0. The number of amides is 4. The molecule has 4 amide bonds. The summed E-state index contributed by atoms with van der Waals surface area (Å²) in [6.07, 6.45) is 3.16. The molecule has 0 bridgehead atoms. The smallest absolute Gasteiger partial charge is 0.410 e. The molecule has 1 aliphatic rings. The largest absolute Gasteiger partial charge is 0.477 e. The third-order valence-electron chi connectivity index (χ3n) is 9.35. The molecule has 0 radical (unpaired) electrons. The Morgan fingerprint density at radius 2 is 1.76 bits per heavy atom. The molecule has 17 nitrogen and oxygen atoms in total. The molecule has 4 aromatic rings. The van der Waals surface area contributed by atoms with Crippen LogP contribution in [0.15, 0.2) is 53.6 Å². The Labute approximate surface area is 310 Å². The molecule has 54 heavy (non-hydrogen) atoms. The molecule has 1 aliphatic heterocycles. The number of urea groups is 1. The van der Waals surface area contributed by atoms with Gasteiger partial charge in [-0.1, -0.05) is 31.2 Å². The zero-order valence-electron chi connectivity index (χ0n) is 30.3. The topological polar surface area (TPSA) is 233 Å². The van der Waals surface area contributed by atoms with Crippen molar-refractivity contribution in [2.45, 2.75) is 58.8 Å². The minimum atomic E-state index is -1.38. The second-order valence-electron chi connectivity index (χ2n) is 13.3. The number of carboxylic acids is 1. The van der Waals surface area contributed by atoms with Crippen molar-refractivity contribution in [1.82, 2.24) is 29.8 Å². The lowest BCUT2D eigenvalue weighted by atomic mass is 10.0. The number of ether oxygens (including phenoxy) is 1. The summed E-state index contributed by atoms with van der Waals surface area (Å²) >= 11 is 0. The van der Waals surface area contributed by atoms with E-state index in [1.54, 1.807) is 52.9 Å². The number of piperazine rings is 1. The fraction of sp³-hybridized carbons (Fsp3) is 0.417. The standard InChI is InChI=1S/C36H45FN10O7/c1-4-44-18-25(34(50)51)32(48)24-16-26(37)30(17-29(24)44)45-12-14-46(15-13-45)36(53)54-20-22-7-9-23(10-8-22)41-33(49)28(6-5-11-40-35(39)52)47-19-27(42-43-47)31(38)21(2)3/h7-10,16-19,21,28,31H,4-6,11-15,20,38H2,1-3H3,(H,41,49)(H,50,51)(H3,39,40,52)/t28-,31-/m0/s1. The summed E-state index contributed by atoms with van der Waals surface area (Å²) in [5.74, 6) is -2.27. The number of hydrogen-bond acceptors (Lipinski definition) is 10. The number of nitrogens with two attached hydrogens (primary N) is 2. The van der Waals surface area contributed by atoms with Crippen molar-refractivity contribution >= 4 is 46.3 Å². The van der Waals surface area contributed by atoms with Gasteiger partial charge in [-0.05, 0) is 55.5 Å². The number of carboxylic acid groups (broad SMARTS) is 1. The number of fused-ring (bicyclic) bond motifs is 1. The lowest BCUT2D eigenvalue weighted by molar-refractivity contribution is -0.119. The van der Waals surface area contributed by atoms with E-state index in [0.717, 1.165) is 6.07 Å². The van der Waals surface area contributed by atoms with Gasteiger partial charge in [-0.2, -0.15) is 0 Å². The van der Waals surface area contributed by atoms with Gasteiger partial charge in [0.2, 0.25) is 11.3 Å². The number of hydrogen-bond donors (Lipinski definition) is 5. The van der Waals surface area contributed by atoms with Gasteiger partial charge < -0.3 is 46.3 Å². The van der Waals surface area contributed by atoms with E-state index in [4.69, 9.17) is 16.2 Å². The first-order valence-electron chi connectivity index (χ1n) is 17.6. The minimum Gasteiger partial charge on any atom is -0.477 e. The van der Waals surface area contributed by atoms with Crippen LogP contribution in [-0.4, -0.2) is 86.3 Å². The average molecular weight is 749 g/mol. The van der Waals surface area contributed by atoms with E-state index in [1.807, 2.05) is 13.8 Å². The van der Waals surface area contributed by atoms with Crippen LogP contribution in [0.1, 0.15) is 67.3 Å². The van der Waals surface area contributed by atoms with Crippen LogP contribution in [0.3, 0.4) is 0 Å². The minimum absolute atomic E-state index is 0.0145. The van der Waals surface area contributed by atoms with E-state index in [1.165, 1.54) is 15.8 Å². The molecule has 0 unspecified atom stereocenters. The van der Waals surface area contributed by atoms with Gasteiger partial charge in [-0.15, -0.1) is 5.10 Å². The van der Waals surface area contributed by atoms with Gasteiger partial charge >= 0.3 is 18.1 Å². The second kappa shape index (κ2) is 17.2. The molecule has 5 rings (SSSR count). The molecule has 7 N–H and O–H groups in total. The van der Waals surface area contributed by atoms with Crippen LogP contribution in [0, 0.1) is 11.7 Å². The van der Waals surface area contributed by atoms with Crippen LogP contribution in [0.5, 0.6) is 0 Å². The molecule has 1 saturated heterocycles. The number of rotatable bonds is 14. The summed E-state index contributed by atoms with van der Waals surface area (Å²) in [5.41, 5.74) is 12.6. The first-order chi connectivity index (χ1) is 25.8. The molecule has 2 aromatic heterocycles. The summed E-state index contributed by atoms with van der Waals surface area (Å²) < 4.78 is 23.9. The fourth-order valence-corrected chi connectivity index (χ4v) is 6.16. The molecule has 2 aromatic carbocycles. The first kappa shape index (κ1) is 39.2. The number of aryl methyl sites for hydroxylation is 1. The predicted molar refractivity (Wildman–Crippen MR) is 197 cm³/mol. The van der Waals surface area contributed by atoms with Crippen molar-refractivity contribution in [3.8, 4) is 0 Å². The third-order valence-corrected chi connectivity index (χ3v) is 9.35. The fourth-order valence-electron chi connectivity index (χ4n) is 6.16. The van der Waals surface area contributed by atoms with Crippen molar-refractivity contribution in [3.05, 3.63) is 81.7 Å². The second-order valence-corrected chi connectivity index (χ2v) is 13.3. The summed E-state index contributed by atoms with van der Waals surface area (Å²) in [6.45, 7) is 7.48. The first-order valence-corrected chi connectivity index (χ1v) is 17.6. The summed E-state index contributed by atoms with van der Waals surface area (Å²) in [5, 5.41) is 23.1. The van der Waals surface area contributed by atoms with Gasteiger partial charge in [0, 0.05) is 56.5 Å². The molecule has 0 spiro atoms. The average Bonchev–Trinajstić information content (AvgIpc) is 3.63. The number of aromatic nitrogens is 4. The molecule has 2 atom stereocenters. The third kappa shape index (κ3) is 9.11. The van der Waals surface area contributed by atoms with Crippen LogP contribution in [0.25, 0.3) is 10.9 Å². The maximum Gasteiger partial charge on any atom is 0.410 e. The van der Waals surface area contributed by atoms with Crippen LogP contribution >= 0.6 is 0 Å². The SMILES string of the molecule is CCn1cc(C(=O)O)c(=O)c2cc(F)c(N3CCN(C(=O)OCc4ccc(NC(=O)[C@H](CCCNC(N)=O)n5cc([C@@H](N)C(C)C)nn5)cc4)CC3)cc21. The number of anilines is 2. The Balaban J connectivity index is 1.16. The Hall–Kier alpha value is -6.04. The van der Waals surface area contributed by atoms with Crippen LogP contribution in [0.4, 0.5) is 25.4 Å². The Morgan fingerprint density at radius 3 is 2.39 bits per heavy atom. The molecule has 288 valence electrons. The van der Waals surface area contributed by atoms with E-state index in [0.29, 0.717) is 54.9 Å². The van der Waals surface area contributed by atoms with Crippen molar-refractivity contribution in [2.75, 3.05) is 42.9 Å². The highest BCUT2D eigenvalue weighted by molar-refractivity contribution is 5.94. The quantitative estimate of drug-likeness (QED) is 0.118. The number of benzene rings is 2. The Morgan fingerprint density at radius 1 is 1.06 bits per heavy atom. The highest BCUT2D eigenvalue weighted by Gasteiger charge is 2.27. The van der Waals surface area contributed by atoms with Crippen molar-refractivity contribution in [2.24, 2.45) is 17.4 Å². The number of carbonyl (C=O) groups is 4. The highest BCUT2D eigenvalue weighted by atomic mass is 19.1. The van der Waals surface area contributed by atoms with Crippen molar-refractivity contribution in [3.63, 3.8) is 0 Å². The van der Waals surface area contributed by atoms with Crippen molar-refractivity contribution < 1.29 is 33.4 Å². The zero-order chi connectivity index (χ0) is 39.1. The van der Waals surface area contributed by atoms with E-state index in [-0.39, 0.29) is 55.2 Å². The lowest BCUT2D eigenvalue weighted by Gasteiger charge is -2.35. The number of nitrogens with one attached hydrogen (secondary N) is 2. The van der Waals surface area contributed by atoms with E-state index >= 15 is 4.39 Å². The summed E-state index contributed by atoms with van der Waals surface area (Å²) in [4.78, 5) is 65.0. The number of carbonyl (C=O) groups excluding carboxylic acids is 3. The van der Waals surface area contributed by atoms with Gasteiger partial charge in [-0.25, -0.2) is 23.5 Å². The maximum absolute atomic E-state index is 15.3. The lowest BCUT2D eigenvalue weighted by Crippen LogP contribution is -2.49. The monoisotopic (exact) mass is 748 g/mol. The van der Waals surface area contributed by atoms with Gasteiger partial charge in [0.15, 0.2) is 0 Å². The van der Waals surface area contributed by atoms with Crippen LogP contribution < -0.4 is 32.4 Å². The summed E-state index contributed by atoms with van der Waals surface area (Å²) in [6, 6.07) is 7.67. The molecular weight excluding hydrogens is 703 g/mol. The number of halogens is 1. The number of primary amides is 1. The molecule has 0 saturated carbocycles. The Bertz CT molecular complexity index is 2060. The molecular formula is C36H45FN10O7.